The topological polar surface area (TPSA) is 83.8 Å². The number of aromatic nitrogens is 3. The van der Waals surface area contributed by atoms with Crippen LogP contribution in [0.1, 0.15) is 15.9 Å². The Labute approximate surface area is 216 Å². The predicted octanol–water partition coefficient (Wildman–Crippen LogP) is 3.97. The highest BCUT2D eigenvalue weighted by Gasteiger charge is 2.14. The molecule has 36 heavy (non-hydrogen) atoms. The van der Waals surface area contributed by atoms with Crippen LogP contribution in [0.2, 0.25) is 0 Å². The number of halogens is 2. The Morgan fingerprint density at radius 3 is 2.67 bits per heavy atom. The van der Waals surface area contributed by atoms with Crippen LogP contribution in [0.5, 0.6) is 0 Å². The number of carbonyl (C=O) groups excluding carboxylic acids is 1. The van der Waals surface area contributed by atoms with Crippen LogP contribution in [0.4, 0.5) is 10.2 Å². The van der Waals surface area contributed by atoms with E-state index in [1.165, 1.54) is 6.07 Å². The van der Waals surface area contributed by atoms with Crippen LogP contribution in [0, 0.1) is 5.82 Å². The fourth-order valence-corrected chi connectivity index (χ4v) is 4.44. The largest absolute Gasteiger partial charge is 0.379 e. The summed E-state index contributed by atoms with van der Waals surface area (Å²) in [7, 11) is 0. The van der Waals surface area contributed by atoms with Gasteiger partial charge in [0.15, 0.2) is 5.65 Å². The molecule has 1 aliphatic rings. The second-order valence-corrected chi connectivity index (χ2v) is 9.35. The average Bonchev–Trinajstić information content (AvgIpc) is 3.29. The minimum Gasteiger partial charge on any atom is -0.379 e. The van der Waals surface area contributed by atoms with E-state index >= 15 is 0 Å². The number of morpholine rings is 1. The van der Waals surface area contributed by atoms with E-state index in [1.54, 1.807) is 35.0 Å². The number of nitrogens with zero attached hydrogens (tertiary/aromatic N) is 4. The molecule has 0 radical (unpaired) electrons. The number of nitrogens with one attached hydrogen (secondary N) is 2. The summed E-state index contributed by atoms with van der Waals surface area (Å²) in [4.78, 5) is 19.4. The molecule has 0 bridgehead atoms. The average molecular weight is 553 g/mol. The summed E-state index contributed by atoms with van der Waals surface area (Å²) >= 11 is 3.47. The maximum atomic E-state index is 14.4. The first-order valence-electron chi connectivity index (χ1n) is 11.8. The Kier molecular flexibility index (Phi) is 7.55. The molecule has 2 aromatic carbocycles. The van der Waals surface area contributed by atoms with Gasteiger partial charge in [0.05, 0.1) is 29.6 Å². The van der Waals surface area contributed by atoms with Crippen molar-refractivity contribution in [1.29, 1.82) is 0 Å². The molecule has 186 valence electrons. The van der Waals surface area contributed by atoms with Crippen LogP contribution in [0.15, 0.2) is 65.3 Å². The summed E-state index contributed by atoms with van der Waals surface area (Å²) in [5, 5.41) is 10.7. The molecule has 1 aliphatic heterocycles. The molecule has 0 atom stereocenters. The normalized spacial score (nSPS) is 14.2. The van der Waals surface area contributed by atoms with Crippen molar-refractivity contribution >= 4 is 33.3 Å². The Morgan fingerprint density at radius 1 is 1.11 bits per heavy atom. The summed E-state index contributed by atoms with van der Waals surface area (Å²) in [5.41, 5.74) is 3.12. The van der Waals surface area contributed by atoms with Crippen molar-refractivity contribution in [2.45, 2.75) is 6.54 Å². The van der Waals surface area contributed by atoms with Gasteiger partial charge in [0.2, 0.25) is 0 Å². The van der Waals surface area contributed by atoms with Crippen molar-refractivity contribution < 1.29 is 13.9 Å². The van der Waals surface area contributed by atoms with Gasteiger partial charge in [0.25, 0.3) is 5.91 Å². The molecule has 1 amide bonds. The van der Waals surface area contributed by atoms with Crippen LogP contribution in [-0.2, 0) is 11.3 Å². The molecule has 0 aliphatic carbocycles. The summed E-state index contributed by atoms with van der Waals surface area (Å²) in [5.74, 6) is 0.248. The van der Waals surface area contributed by atoms with Crippen LogP contribution >= 0.6 is 15.9 Å². The van der Waals surface area contributed by atoms with E-state index in [1.807, 2.05) is 24.3 Å². The molecule has 3 heterocycles. The van der Waals surface area contributed by atoms with Gasteiger partial charge in [-0.15, -0.1) is 0 Å². The maximum absolute atomic E-state index is 14.4. The Hall–Kier alpha value is -3.34. The molecule has 0 unspecified atom stereocenters. The number of anilines is 1. The van der Waals surface area contributed by atoms with Gasteiger partial charge in [-0.1, -0.05) is 24.3 Å². The predicted molar refractivity (Wildman–Crippen MR) is 139 cm³/mol. The number of benzene rings is 2. The zero-order valence-electron chi connectivity index (χ0n) is 19.6. The summed E-state index contributed by atoms with van der Waals surface area (Å²) in [6, 6.07) is 15.8. The third-order valence-electron chi connectivity index (χ3n) is 6.09. The third-order valence-corrected chi connectivity index (χ3v) is 6.65. The molecule has 2 aromatic heterocycles. The zero-order chi connectivity index (χ0) is 24.9. The molecule has 1 saturated heterocycles. The van der Waals surface area contributed by atoms with Gasteiger partial charge in [-0.2, -0.15) is 9.61 Å². The molecule has 0 spiro atoms. The highest BCUT2D eigenvalue weighted by atomic mass is 79.9. The summed E-state index contributed by atoms with van der Waals surface area (Å²) in [6.45, 7) is 5.20. The quantitative estimate of drug-likeness (QED) is 0.344. The highest BCUT2D eigenvalue weighted by molar-refractivity contribution is 9.10. The number of ether oxygens (including phenoxy) is 1. The van der Waals surface area contributed by atoms with Gasteiger partial charge in [0, 0.05) is 49.9 Å². The standard InChI is InChI=1S/C26H26BrFN6O2/c27-21-17-31-34-24(15-23(32-25(21)34)20-3-1-2-4-22(20)28)30-16-18-5-7-19(8-6-18)26(35)29-9-10-33-11-13-36-14-12-33/h1-8,15,17,30H,9-14,16H2,(H,29,35). The Bertz CT molecular complexity index is 1350. The number of amides is 1. The Morgan fingerprint density at radius 2 is 1.89 bits per heavy atom. The molecule has 8 nitrogen and oxygen atoms in total. The molecule has 1 fully saturated rings. The highest BCUT2D eigenvalue weighted by Crippen LogP contribution is 2.27. The molecule has 5 rings (SSSR count). The molecular formula is C26H26BrFN6O2. The van der Waals surface area contributed by atoms with Crippen LogP contribution < -0.4 is 10.6 Å². The lowest BCUT2D eigenvalue weighted by molar-refractivity contribution is 0.0383. The number of carbonyl (C=O) groups is 1. The summed E-state index contributed by atoms with van der Waals surface area (Å²) < 4.78 is 22.2. The maximum Gasteiger partial charge on any atom is 0.251 e. The monoisotopic (exact) mass is 552 g/mol. The Balaban J connectivity index is 1.24. The molecule has 0 saturated carbocycles. The second kappa shape index (κ2) is 11.2. The van der Waals surface area contributed by atoms with Crippen LogP contribution in [0.25, 0.3) is 16.9 Å². The molecule has 2 N–H and O–H groups in total. The molecular weight excluding hydrogens is 527 g/mol. The molecule has 10 heteroatoms. The SMILES string of the molecule is O=C(NCCN1CCOCC1)c1ccc(CNc2cc(-c3ccccc3F)nc3c(Br)cnn23)cc1. The third kappa shape index (κ3) is 5.56. The van der Waals surface area contributed by atoms with Crippen molar-refractivity contribution in [3.63, 3.8) is 0 Å². The van der Waals surface area contributed by atoms with Gasteiger partial charge < -0.3 is 15.4 Å². The van der Waals surface area contributed by atoms with Crippen molar-refractivity contribution in [2.24, 2.45) is 0 Å². The fourth-order valence-electron chi connectivity index (χ4n) is 4.09. The van der Waals surface area contributed by atoms with Crippen molar-refractivity contribution in [3.8, 4) is 11.3 Å². The van der Waals surface area contributed by atoms with Crippen molar-refractivity contribution in [1.82, 2.24) is 24.8 Å². The van der Waals surface area contributed by atoms with Crippen molar-refractivity contribution in [3.05, 3.63) is 82.2 Å². The molecule has 4 aromatic rings. The number of hydrogen-bond acceptors (Lipinski definition) is 6. The van der Waals surface area contributed by atoms with Gasteiger partial charge in [-0.25, -0.2) is 9.37 Å². The van der Waals surface area contributed by atoms with Gasteiger partial charge in [-0.05, 0) is 45.8 Å². The van der Waals surface area contributed by atoms with E-state index in [9.17, 15) is 9.18 Å². The minimum absolute atomic E-state index is 0.0884. The van der Waals surface area contributed by atoms with Crippen LogP contribution in [-0.4, -0.2) is 64.8 Å². The van der Waals surface area contributed by atoms with Gasteiger partial charge in [0.1, 0.15) is 11.6 Å². The van der Waals surface area contributed by atoms with E-state index < -0.39 is 0 Å². The lowest BCUT2D eigenvalue weighted by Gasteiger charge is -2.26. The smallest absolute Gasteiger partial charge is 0.251 e. The number of hydrogen-bond donors (Lipinski definition) is 2. The van der Waals surface area contributed by atoms with E-state index in [4.69, 9.17) is 4.74 Å². The van der Waals surface area contributed by atoms with E-state index in [0.717, 1.165) is 38.4 Å². The first-order chi connectivity index (χ1) is 17.6. The summed E-state index contributed by atoms with van der Waals surface area (Å²) in [6.07, 6.45) is 1.66. The zero-order valence-corrected chi connectivity index (χ0v) is 21.2. The van der Waals surface area contributed by atoms with Gasteiger partial charge in [-0.3, -0.25) is 9.69 Å². The second-order valence-electron chi connectivity index (χ2n) is 8.49. The lowest BCUT2D eigenvalue weighted by atomic mass is 10.1. The van der Waals surface area contributed by atoms with Crippen LogP contribution in [0.3, 0.4) is 0 Å². The number of fused-ring (bicyclic) bond motifs is 1. The van der Waals surface area contributed by atoms with E-state index in [0.29, 0.717) is 45.8 Å². The van der Waals surface area contributed by atoms with E-state index in [-0.39, 0.29) is 11.7 Å². The van der Waals surface area contributed by atoms with Gasteiger partial charge >= 0.3 is 0 Å². The van der Waals surface area contributed by atoms with Crippen molar-refractivity contribution in [2.75, 3.05) is 44.7 Å². The minimum atomic E-state index is -0.338. The number of rotatable bonds is 8. The first-order valence-corrected chi connectivity index (χ1v) is 12.6. The lowest BCUT2D eigenvalue weighted by Crippen LogP contribution is -2.41. The first kappa shape index (κ1) is 24.4. The van der Waals surface area contributed by atoms with E-state index in [2.05, 4.69) is 41.5 Å². The fraction of sp³-hybridized carbons (Fsp3) is 0.269.